The van der Waals surface area contributed by atoms with E-state index < -0.39 is 0 Å². The Morgan fingerprint density at radius 3 is 2.57 bits per heavy atom. The van der Waals surface area contributed by atoms with E-state index in [2.05, 4.69) is 11.9 Å². The molecule has 1 aliphatic carbocycles. The maximum Gasteiger partial charge on any atom is 0.00497 e. The van der Waals surface area contributed by atoms with Gasteiger partial charge in [-0.1, -0.05) is 12.8 Å². The van der Waals surface area contributed by atoms with Crippen LogP contribution in [0.5, 0.6) is 0 Å². The molecule has 2 heteroatoms. The van der Waals surface area contributed by atoms with E-state index in [1.807, 2.05) is 0 Å². The lowest BCUT2D eigenvalue weighted by Crippen LogP contribution is -2.49. The first-order chi connectivity index (χ1) is 6.77. The minimum Gasteiger partial charge on any atom is -0.330 e. The fourth-order valence-corrected chi connectivity index (χ4v) is 3.60. The molecule has 0 aromatic heterocycles. The highest BCUT2D eigenvalue weighted by molar-refractivity contribution is 4.94. The summed E-state index contributed by atoms with van der Waals surface area (Å²) in [6, 6.07) is 0. The molecular formula is C12H24N2. The largest absolute Gasteiger partial charge is 0.330 e. The molecule has 1 saturated heterocycles. The zero-order valence-corrected chi connectivity index (χ0v) is 9.47. The fourth-order valence-electron chi connectivity index (χ4n) is 3.60. The first-order valence-corrected chi connectivity index (χ1v) is 6.15. The van der Waals surface area contributed by atoms with E-state index in [0.29, 0.717) is 5.41 Å². The molecule has 0 aromatic carbocycles. The van der Waals surface area contributed by atoms with Gasteiger partial charge >= 0.3 is 0 Å². The second kappa shape index (κ2) is 4.19. The van der Waals surface area contributed by atoms with E-state index in [0.717, 1.165) is 12.5 Å². The van der Waals surface area contributed by atoms with Crippen molar-refractivity contribution >= 4 is 0 Å². The summed E-state index contributed by atoms with van der Waals surface area (Å²) in [6.45, 7) is 3.42. The molecule has 1 atom stereocenters. The van der Waals surface area contributed by atoms with E-state index in [1.165, 1.54) is 51.6 Å². The lowest BCUT2D eigenvalue weighted by molar-refractivity contribution is 0.0573. The summed E-state index contributed by atoms with van der Waals surface area (Å²) < 4.78 is 0. The van der Waals surface area contributed by atoms with Gasteiger partial charge in [0.2, 0.25) is 0 Å². The van der Waals surface area contributed by atoms with Crippen LogP contribution in [0.1, 0.15) is 38.5 Å². The minimum absolute atomic E-state index is 0.476. The second-order valence-electron chi connectivity index (χ2n) is 5.39. The van der Waals surface area contributed by atoms with Gasteiger partial charge in [-0.15, -0.1) is 0 Å². The summed E-state index contributed by atoms with van der Waals surface area (Å²) >= 11 is 0. The van der Waals surface area contributed by atoms with Crippen LogP contribution in [0.25, 0.3) is 0 Å². The summed E-state index contributed by atoms with van der Waals surface area (Å²) in [4.78, 5) is 2.48. The Morgan fingerprint density at radius 2 is 2.00 bits per heavy atom. The average molecular weight is 196 g/mol. The lowest BCUT2D eigenvalue weighted by atomic mass is 9.69. The predicted octanol–water partition coefficient (Wildman–Crippen LogP) is 1.85. The van der Waals surface area contributed by atoms with E-state index in [1.54, 1.807) is 0 Å². The Hall–Kier alpha value is -0.0800. The lowest BCUT2D eigenvalue weighted by Gasteiger charge is -2.45. The van der Waals surface area contributed by atoms with E-state index in [-0.39, 0.29) is 0 Å². The Balaban J connectivity index is 2.06. The molecular weight excluding hydrogens is 172 g/mol. The number of piperidine rings is 1. The molecule has 0 bridgehead atoms. The van der Waals surface area contributed by atoms with Gasteiger partial charge < -0.3 is 10.6 Å². The number of rotatable bonds is 2. The highest BCUT2D eigenvalue weighted by atomic mass is 15.1. The summed E-state index contributed by atoms with van der Waals surface area (Å²) in [7, 11) is 2.25. The summed E-state index contributed by atoms with van der Waals surface area (Å²) in [5, 5.41) is 0. The molecule has 0 aromatic rings. The van der Waals surface area contributed by atoms with Crippen molar-refractivity contribution in [3.63, 3.8) is 0 Å². The zero-order valence-electron chi connectivity index (χ0n) is 9.47. The molecule has 0 radical (unpaired) electrons. The predicted molar refractivity (Wildman–Crippen MR) is 60.2 cm³/mol. The Bertz CT molecular complexity index is 187. The van der Waals surface area contributed by atoms with Crippen LogP contribution in [0.15, 0.2) is 0 Å². The van der Waals surface area contributed by atoms with Gasteiger partial charge in [-0.2, -0.15) is 0 Å². The molecule has 1 saturated carbocycles. The third-order valence-corrected chi connectivity index (χ3v) is 4.43. The van der Waals surface area contributed by atoms with Crippen molar-refractivity contribution in [3.05, 3.63) is 0 Å². The standard InChI is InChI=1S/C12H24N2/c1-14-8-4-7-12(9-13,10-14)11-5-2-3-6-11/h11H,2-10,13H2,1H3. The Kier molecular flexibility index (Phi) is 3.13. The van der Waals surface area contributed by atoms with Gasteiger partial charge in [0.25, 0.3) is 0 Å². The topological polar surface area (TPSA) is 29.3 Å². The van der Waals surface area contributed by atoms with Crippen LogP contribution in [-0.2, 0) is 0 Å². The van der Waals surface area contributed by atoms with Gasteiger partial charge in [-0.3, -0.25) is 0 Å². The van der Waals surface area contributed by atoms with Crippen LogP contribution in [0.4, 0.5) is 0 Å². The van der Waals surface area contributed by atoms with Gasteiger partial charge in [0.05, 0.1) is 0 Å². The highest BCUT2D eigenvalue weighted by Crippen LogP contribution is 2.44. The van der Waals surface area contributed by atoms with Gasteiger partial charge in [0.1, 0.15) is 0 Å². The molecule has 1 heterocycles. The maximum absolute atomic E-state index is 6.05. The van der Waals surface area contributed by atoms with E-state index in [9.17, 15) is 0 Å². The second-order valence-corrected chi connectivity index (χ2v) is 5.39. The summed E-state index contributed by atoms with van der Waals surface area (Å²) in [5.41, 5.74) is 6.53. The fraction of sp³-hybridized carbons (Fsp3) is 1.00. The molecule has 2 rings (SSSR count). The van der Waals surface area contributed by atoms with Crippen LogP contribution >= 0.6 is 0 Å². The quantitative estimate of drug-likeness (QED) is 0.730. The van der Waals surface area contributed by atoms with Crippen molar-refractivity contribution in [3.8, 4) is 0 Å². The van der Waals surface area contributed by atoms with Crippen molar-refractivity contribution < 1.29 is 0 Å². The zero-order chi connectivity index (χ0) is 10.0. The molecule has 2 aliphatic rings. The Labute approximate surface area is 87.8 Å². The van der Waals surface area contributed by atoms with Crippen molar-refractivity contribution in [1.82, 2.24) is 4.90 Å². The molecule has 0 amide bonds. The monoisotopic (exact) mass is 196 g/mol. The third-order valence-electron chi connectivity index (χ3n) is 4.43. The van der Waals surface area contributed by atoms with Gasteiger partial charge in [-0.25, -0.2) is 0 Å². The first-order valence-electron chi connectivity index (χ1n) is 6.15. The Morgan fingerprint density at radius 1 is 1.29 bits per heavy atom. The van der Waals surface area contributed by atoms with Gasteiger partial charge in [0, 0.05) is 6.54 Å². The van der Waals surface area contributed by atoms with Gasteiger partial charge in [0.15, 0.2) is 0 Å². The van der Waals surface area contributed by atoms with Crippen LogP contribution in [-0.4, -0.2) is 31.6 Å². The summed E-state index contributed by atoms with van der Waals surface area (Å²) in [6.07, 6.45) is 8.48. The van der Waals surface area contributed by atoms with Crippen LogP contribution in [0.2, 0.25) is 0 Å². The van der Waals surface area contributed by atoms with Crippen LogP contribution < -0.4 is 5.73 Å². The van der Waals surface area contributed by atoms with Crippen LogP contribution in [0, 0.1) is 11.3 Å². The smallest absolute Gasteiger partial charge is 0.00497 e. The number of nitrogens with two attached hydrogens (primary N) is 1. The number of likely N-dealkylation sites (tertiary alicyclic amines) is 1. The third kappa shape index (κ3) is 1.82. The normalized spacial score (nSPS) is 36.4. The van der Waals surface area contributed by atoms with Crippen molar-refractivity contribution in [2.75, 3.05) is 26.7 Å². The first kappa shape index (κ1) is 10.4. The number of hydrogen-bond acceptors (Lipinski definition) is 2. The molecule has 14 heavy (non-hydrogen) atoms. The molecule has 2 fully saturated rings. The molecule has 2 nitrogen and oxygen atoms in total. The number of hydrogen-bond donors (Lipinski definition) is 1. The van der Waals surface area contributed by atoms with Crippen molar-refractivity contribution in [2.45, 2.75) is 38.5 Å². The van der Waals surface area contributed by atoms with Crippen molar-refractivity contribution in [1.29, 1.82) is 0 Å². The van der Waals surface area contributed by atoms with Crippen molar-refractivity contribution in [2.24, 2.45) is 17.1 Å². The maximum atomic E-state index is 6.05. The van der Waals surface area contributed by atoms with Gasteiger partial charge in [-0.05, 0) is 57.2 Å². The van der Waals surface area contributed by atoms with E-state index >= 15 is 0 Å². The van der Waals surface area contributed by atoms with E-state index in [4.69, 9.17) is 5.73 Å². The highest BCUT2D eigenvalue weighted by Gasteiger charge is 2.41. The minimum atomic E-state index is 0.476. The molecule has 1 unspecified atom stereocenters. The molecule has 1 aliphatic heterocycles. The molecule has 0 spiro atoms. The number of nitrogens with zero attached hydrogens (tertiary/aromatic N) is 1. The van der Waals surface area contributed by atoms with Crippen LogP contribution in [0.3, 0.4) is 0 Å². The SMILES string of the molecule is CN1CCCC(CN)(C2CCCC2)C1. The average Bonchev–Trinajstić information content (AvgIpc) is 2.71. The summed E-state index contributed by atoms with van der Waals surface area (Å²) in [5.74, 6) is 0.926. The molecule has 82 valence electrons. The molecule has 2 N–H and O–H groups in total.